The first kappa shape index (κ1) is 11.4. The summed E-state index contributed by atoms with van der Waals surface area (Å²) in [5.74, 6) is 6.32. The quantitative estimate of drug-likeness (QED) is 0.432. The number of nitrogens with one attached hydrogen (secondary N) is 1. The highest BCUT2D eigenvalue weighted by molar-refractivity contribution is 5.39. The molecule has 1 heterocycles. The van der Waals surface area contributed by atoms with Gasteiger partial charge in [-0.1, -0.05) is 12.1 Å². The molecule has 4 heteroatoms. The molecule has 1 aliphatic rings. The van der Waals surface area contributed by atoms with Gasteiger partial charge >= 0.3 is 0 Å². The van der Waals surface area contributed by atoms with Crippen LogP contribution in [0.2, 0.25) is 0 Å². The fraction of sp³-hybridized carbons (Fsp3) is 0.500. The average molecular weight is 221 g/mol. The van der Waals surface area contributed by atoms with E-state index in [4.69, 9.17) is 10.6 Å². The number of hydrogen-bond acceptors (Lipinski definition) is 4. The fourth-order valence-electron chi connectivity index (χ4n) is 1.95. The number of benzene rings is 1. The van der Waals surface area contributed by atoms with Crippen molar-refractivity contribution in [3.8, 4) is 5.75 Å². The highest BCUT2D eigenvalue weighted by Gasteiger charge is 2.11. The number of hydrogen-bond donors (Lipinski definition) is 2. The highest BCUT2D eigenvalue weighted by atomic mass is 16.5. The average Bonchev–Trinajstić information content (AvgIpc) is 2.74. The molecular weight excluding hydrogens is 202 g/mol. The molecule has 0 aliphatic carbocycles. The molecule has 0 saturated heterocycles. The highest BCUT2D eigenvalue weighted by Crippen LogP contribution is 2.25. The standard InChI is InChI=1S/C12H19N3O/c1-15(9-14-13)6-4-10-2-3-12-11(8-10)5-7-16-12/h2-3,8,14H,4-7,9,13H2,1H3. The SMILES string of the molecule is CN(CCc1ccc2c(c1)CCO2)CNN. The molecule has 1 aromatic carbocycles. The summed E-state index contributed by atoms with van der Waals surface area (Å²) in [7, 11) is 2.05. The van der Waals surface area contributed by atoms with Crippen LogP contribution in [0.15, 0.2) is 18.2 Å². The van der Waals surface area contributed by atoms with Gasteiger partial charge in [0.1, 0.15) is 5.75 Å². The van der Waals surface area contributed by atoms with Crippen LogP contribution in [0.5, 0.6) is 5.75 Å². The molecule has 0 saturated carbocycles. The number of nitrogens with two attached hydrogens (primary N) is 1. The summed E-state index contributed by atoms with van der Waals surface area (Å²) in [6, 6.07) is 6.48. The lowest BCUT2D eigenvalue weighted by atomic mass is 10.1. The molecule has 0 fully saturated rings. The molecule has 1 aromatic rings. The maximum Gasteiger partial charge on any atom is 0.122 e. The molecule has 88 valence electrons. The van der Waals surface area contributed by atoms with Gasteiger partial charge in [0.25, 0.3) is 0 Å². The van der Waals surface area contributed by atoms with E-state index in [0.717, 1.165) is 31.7 Å². The third-order valence-corrected chi connectivity index (χ3v) is 2.90. The van der Waals surface area contributed by atoms with Crippen LogP contribution in [0.3, 0.4) is 0 Å². The summed E-state index contributed by atoms with van der Waals surface area (Å²) in [4.78, 5) is 2.16. The second-order valence-electron chi connectivity index (χ2n) is 4.23. The molecule has 16 heavy (non-hydrogen) atoms. The van der Waals surface area contributed by atoms with E-state index in [1.807, 2.05) is 0 Å². The van der Waals surface area contributed by atoms with Crippen LogP contribution in [-0.2, 0) is 12.8 Å². The molecule has 0 bridgehead atoms. The van der Waals surface area contributed by atoms with Crippen molar-refractivity contribution in [1.82, 2.24) is 10.3 Å². The lowest BCUT2D eigenvalue weighted by Crippen LogP contribution is -2.36. The van der Waals surface area contributed by atoms with Crippen LogP contribution in [0.25, 0.3) is 0 Å². The number of likely N-dealkylation sites (N-methyl/N-ethyl adjacent to an activating group) is 1. The van der Waals surface area contributed by atoms with Crippen LogP contribution in [0.1, 0.15) is 11.1 Å². The molecule has 0 amide bonds. The molecule has 0 aromatic heterocycles. The lowest BCUT2D eigenvalue weighted by molar-refractivity contribution is 0.313. The monoisotopic (exact) mass is 221 g/mol. The van der Waals surface area contributed by atoms with Crippen LogP contribution >= 0.6 is 0 Å². The van der Waals surface area contributed by atoms with E-state index in [1.54, 1.807) is 0 Å². The Labute approximate surface area is 96.3 Å². The Hall–Kier alpha value is -1.10. The van der Waals surface area contributed by atoms with Gasteiger partial charge in [-0.05, 0) is 30.7 Å². The van der Waals surface area contributed by atoms with Gasteiger partial charge in [0.15, 0.2) is 0 Å². The van der Waals surface area contributed by atoms with E-state index >= 15 is 0 Å². The van der Waals surface area contributed by atoms with Crippen molar-refractivity contribution in [1.29, 1.82) is 0 Å². The Balaban J connectivity index is 1.90. The third-order valence-electron chi connectivity index (χ3n) is 2.90. The van der Waals surface area contributed by atoms with Crippen molar-refractivity contribution in [2.75, 3.05) is 26.9 Å². The van der Waals surface area contributed by atoms with Gasteiger partial charge in [0, 0.05) is 13.0 Å². The Bertz CT molecular complexity index is 354. The third kappa shape index (κ3) is 2.72. The summed E-state index contributed by atoms with van der Waals surface area (Å²) >= 11 is 0. The molecule has 0 atom stereocenters. The Morgan fingerprint density at radius 2 is 2.38 bits per heavy atom. The Kier molecular flexibility index (Phi) is 3.77. The first-order valence-electron chi connectivity index (χ1n) is 5.66. The predicted octanol–water partition coefficient (Wildman–Crippen LogP) is 0.517. The normalized spacial score (nSPS) is 13.9. The topological polar surface area (TPSA) is 50.5 Å². The minimum absolute atomic E-state index is 0.716. The number of nitrogens with zero attached hydrogens (tertiary/aromatic N) is 1. The predicted molar refractivity (Wildman–Crippen MR) is 64.2 cm³/mol. The zero-order valence-electron chi connectivity index (χ0n) is 9.70. The smallest absolute Gasteiger partial charge is 0.122 e. The second kappa shape index (κ2) is 5.30. The zero-order valence-corrected chi connectivity index (χ0v) is 9.70. The Morgan fingerprint density at radius 1 is 1.50 bits per heavy atom. The number of ether oxygens (including phenoxy) is 1. The number of hydrazine groups is 1. The van der Waals surface area contributed by atoms with E-state index in [2.05, 4.69) is 35.6 Å². The van der Waals surface area contributed by atoms with Gasteiger partial charge in [-0.3, -0.25) is 10.7 Å². The summed E-state index contributed by atoms with van der Waals surface area (Å²) in [6.07, 6.45) is 2.09. The van der Waals surface area contributed by atoms with Gasteiger partial charge in [0.2, 0.25) is 0 Å². The van der Waals surface area contributed by atoms with Crippen molar-refractivity contribution in [2.45, 2.75) is 12.8 Å². The van der Waals surface area contributed by atoms with Gasteiger partial charge in [-0.15, -0.1) is 0 Å². The second-order valence-corrected chi connectivity index (χ2v) is 4.23. The maximum atomic E-state index is 5.48. The van der Waals surface area contributed by atoms with Crippen LogP contribution in [0.4, 0.5) is 0 Å². The van der Waals surface area contributed by atoms with E-state index < -0.39 is 0 Å². The number of rotatable bonds is 5. The van der Waals surface area contributed by atoms with Crippen molar-refractivity contribution in [2.24, 2.45) is 5.84 Å². The first-order chi connectivity index (χ1) is 7.79. The Morgan fingerprint density at radius 3 is 3.19 bits per heavy atom. The summed E-state index contributed by atoms with van der Waals surface area (Å²) in [5.41, 5.74) is 5.36. The van der Waals surface area contributed by atoms with E-state index in [1.165, 1.54) is 11.1 Å². The van der Waals surface area contributed by atoms with Crippen molar-refractivity contribution < 1.29 is 4.74 Å². The molecular formula is C12H19N3O. The lowest BCUT2D eigenvalue weighted by Gasteiger charge is -2.15. The van der Waals surface area contributed by atoms with E-state index in [-0.39, 0.29) is 0 Å². The largest absolute Gasteiger partial charge is 0.493 e. The van der Waals surface area contributed by atoms with Crippen molar-refractivity contribution >= 4 is 0 Å². The van der Waals surface area contributed by atoms with E-state index in [0.29, 0.717) is 6.67 Å². The first-order valence-corrected chi connectivity index (χ1v) is 5.66. The molecule has 1 aliphatic heterocycles. The van der Waals surface area contributed by atoms with Crippen LogP contribution in [-0.4, -0.2) is 31.8 Å². The van der Waals surface area contributed by atoms with E-state index in [9.17, 15) is 0 Å². The summed E-state index contributed by atoms with van der Waals surface area (Å²) < 4.78 is 5.48. The van der Waals surface area contributed by atoms with Gasteiger partial charge < -0.3 is 4.74 Å². The molecule has 2 rings (SSSR count). The molecule has 0 radical (unpaired) electrons. The molecule has 3 N–H and O–H groups in total. The molecule has 4 nitrogen and oxygen atoms in total. The summed E-state index contributed by atoms with van der Waals surface area (Å²) in [6.45, 7) is 2.55. The van der Waals surface area contributed by atoms with Crippen LogP contribution < -0.4 is 16.0 Å². The zero-order chi connectivity index (χ0) is 11.4. The minimum Gasteiger partial charge on any atom is -0.493 e. The van der Waals surface area contributed by atoms with Gasteiger partial charge in [-0.25, -0.2) is 5.43 Å². The minimum atomic E-state index is 0.716. The van der Waals surface area contributed by atoms with Gasteiger partial charge in [-0.2, -0.15) is 0 Å². The molecule has 0 unspecified atom stereocenters. The summed E-state index contributed by atoms with van der Waals surface area (Å²) in [5, 5.41) is 0. The van der Waals surface area contributed by atoms with Gasteiger partial charge in [0.05, 0.1) is 13.3 Å². The van der Waals surface area contributed by atoms with Crippen molar-refractivity contribution in [3.05, 3.63) is 29.3 Å². The number of fused-ring (bicyclic) bond motifs is 1. The maximum absolute atomic E-state index is 5.48. The molecule has 0 spiro atoms. The van der Waals surface area contributed by atoms with Crippen LogP contribution in [0, 0.1) is 0 Å². The van der Waals surface area contributed by atoms with Crippen molar-refractivity contribution in [3.63, 3.8) is 0 Å². The fourth-order valence-corrected chi connectivity index (χ4v) is 1.95.